The number of rotatable bonds is 6. The third-order valence-corrected chi connectivity index (χ3v) is 6.47. The summed E-state index contributed by atoms with van der Waals surface area (Å²) in [6.07, 6.45) is 1.62. The highest BCUT2D eigenvalue weighted by atomic mass is 32.1. The molecule has 0 spiro atoms. The van der Waals surface area contributed by atoms with Gasteiger partial charge in [-0.3, -0.25) is 14.5 Å². The maximum absolute atomic E-state index is 14.3. The molecule has 1 N–H and O–H groups in total. The lowest BCUT2D eigenvalue weighted by Gasteiger charge is -2.30. The third kappa shape index (κ3) is 5.00. The SMILES string of the molecule is O=C(NCc1cccs1)c1ccc(/C=C2\Oc3ccccc3N(Cc3ccccc3F)C2=O)cc1. The highest BCUT2D eigenvalue weighted by Gasteiger charge is 2.30. The van der Waals surface area contributed by atoms with E-state index >= 15 is 0 Å². The van der Waals surface area contributed by atoms with E-state index in [0.717, 1.165) is 4.88 Å². The maximum atomic E-state index is 14.3. The summed E-state index contributed by atoms with van der Waals surface area (Å²) < 4.78 is 20.2. The van der Waals surface area contributed by atoms with E-state index in [2.05, 4.69) is 5.32 Å². The monoisotopic (exact) mass is 484 g/mol. The van der Waals surface area contributed by atoms with E-state index in [1.54, 1.807) is 78.1 Å². The topological polar surface area (TPSA) is 58.6 Å². The molecule has 4 aromatic rings. The van der Waals surface area contributed by atoms with Crippen molar-refractivity contribution in [3.63, 3.8) is 0 Å². The van der Waals surface area contributed by atoms with Gasteiger partial charge in [-0.05, 0) is 53.4 Å². The molecule has 2 amide bonds. The van der Waals surface area contributed by atoms with Gasteiger partial charge < -0.3 is 10.1 Å². The molecule has 5 rings (SSSR count). The molecule has 0 saturated carbocycles. The average Bonchev–Trinajstić information content (AvgIpc) is 3.40. The Kier molecular flexibility index (Phi) is 6.41. The van der Waals surface area contributed by atoms with Gasteiger partial charge in [0, 0.05) is 16.0 Å². The van der Waals surface area contributed by atoms with Gasteiger partial charge >= 0.3 is 0 Å². The van der Waals surface area contributed by atoms with Crippen LogP contribution in [-0.2, 0) is 17.9 Å². The number of thiophene rings is 1. The van der Waals surface area contributed by atoms with Crippen molar-refractivity contribution in [3.8, 4) is 5.75 Å². The summed E-state index contributed by atoms with van der Waals surface area (Å²) in [4.78, 5) is 28.4. The lowest BCUT2D eigenvalue weighted by atomic mass is 10.1. The second kappa shape index (κ2) is 9.95. The largest absolute Gasteiger partial charge is 0.449 e. The van der Waals surface area contributed by atoms with E-state index < -0.39 is 0 Å². The van der Waals surface area contributed by atoms with Crippen LogP contribution in [0.1, 0.15) is 26.4 Å². The molecule has 35 heavy (non-hydrogen) atoms. The standard InChI is InChI=1S/C28H21FN2O3S/c29-23-8-2-1-6-21(23)18-31-24-9-3-4-10-25(24)34-26(28(31)33)16-19-11-13-20(14-12-19)27(32)30-17-22-7-5-15-35-22/h1-16H,17-18H2,(H,30,32)/b26-16-. The Hall–Kier alpha value is -4.23. The highest BCUT2D eigenvalue weighted by molar-refractivity contribution is 7.09. The molecule has 0 aliphatic carbocycles. The van der Waals surface area contributed by atoms with E-state index in [-0.39, 0.29) is 29.9 Å². The van der Waals surface area contributed by atoms with Crippen LogP contribution in [0.3, 0.4) is 0 Å². The average molecular weight is 485 g/mol. The fraction of sp³-hybridized carbons (Fsp3) is 0.0714. The number of para-hydroxylation sites is 2. The number of nitrogens with one attached hydrogen (secondary N) is 1. The maximum Gasteiger partial charge on any atom is 0.294 e. The molecule has 1 aromatic heterocycles. The fourth-order valence-electron chi connectivity index (χ4n) is 3.78. The molecule has 0 radical (unpaired) electrons. The minimum absolute atomic E-state index is 0.0760. The number of benzene rings is 3. The zero-order valence-corrected chi connectivity index (χ0v) is 19.4. The summed E-state index contributed by atoms with van der Waals surface area (Å²) in [5, 5.41) is 4.86. The fourth-order valence-corrected chi connectivity index (χ4v) is 4.43. The third-order valence-electron chi connectivity index (χ3n) is 5.59. The van der Waals surface area contributed by atoms with Crippen molar-refractivity contribution in [2.24, 2.45) is 0 Å². The Balaban J connectivity index is 1.36. The van der Waals surface area contributed by atoms with Gasteiger partial charge in [0.15, 0.2) is 11.5 Å². The summed E-state index contributed by atoms with van der Waals surface area (Å²) in [6, 6.07) is 24.4. The van der Waals surface area contributed by atoms with Crippen LogP contribution in [0.25, 0.3) is 6.08 Å². The van der Waals surface area contributed by atoms with Crippen LogP contribution >= 0.6 is 11.3 Å². The van der Waals surface area contributed by atoms with Crippen molar-refractivity contribution in [1.82, 2.24) is 5.32 Å². The molecule has 0 unspecified atom stereocenters. The van der Waals surface area contributed by atoms with Crippen LogP contribution in [0.2, 0.25) is 0 Å². The summed E-state index contributed by atoms with van der Waals surface area (Å²) in [5.41, 5.74) is 2.21. The van der Waals surface area contributed by atoms with Crippen LogP contribution in [0.4, 0.5) is 10.1 Å². The normalized spacial score (nSPS) is 13.9. The Labute approximate surface area is 206 Å². The van der Waals surface area contributed by atoms with Gasteiger partial charge in [-0.2, -0.15) is 0 Å². The molecule has 1 aliphatic rings. The van der Waals surface area contributed by atoms with Crippen molar-refractivity contribution in [2.45, 2.75) is 13.1 Å². The number of nitrogens with zero attached hydrogens (tertiary/aromatic N) is 1. The number of amides is 2. The molecular weight excluding hydrogens is 463 g/mol. The van der Waals surface area contributed by atoms with Crippen LogP contribution in [0.5, 0.6) is 5.75 Å². The molecule has 2 heterocycles. The van der Waals surface area contributed by atoms with E-state index in [1.807, 2.05) is 23.6 Å². The smallest absolute Gasteiger partial charge is 0.294 e. The second-order valence-corrected chi connectivity index (χ2v) is 8.98. The molecular formula is C28H21FN2O3S. The minimum Gasteiger partial charge on any atom is -0.449 e. The number of hydrogen-bond donors (Lipinski definition) is 1. The zero-order chi connectivity index (χ0) is 24.2. The second-order valence-electron chi connectivity index (χ2n) is 7.95. The van der Waals surface area contributed by atoms with Crippen LogP contribution in [0.15, 0.2) is 96.1 Å². The van der Waals surface area contributed by atoms with Gasteiger partial charge in [0.2, 0.25) is 0 Å². The van der Waals surface area contributed by atoms with E-state index in [4.69, 9.17) is 4.74 Å². The number of hydrogen-bond acceptors (Lipinski definition) is 4. The minimum atomic E-state index is -0.372. The van der Waals surface area contributed by atoms with Crippen molar-refractivity contribution in [2.75, 3.05) is 4.90 Å². The number of anilines is 1. The Bertz CT molecular complexity index is 1400. The van der Waals surface area contributed by atoms with Crippen molar-refractivity contribution >= 4 is 34.9 Å². The molecule has 0 atom stereocenters. The molecule has 0 fully saturated rings. The number of fused-ring (bicyclic) bond motifs is 1. The first-order valence-electron chi connectivity index (χ1n) is 11.0. The first kappa shape index (κ1) is 22.6. The summed E-state index contributed by atoms with van der Waals surface area (Å²) in [7, 11) is 0. The summed E-state index contributed by atoms with van der Waals surface area (Å²) >= 11 is 1.59. The zero-order valence-electron chi connectivity index (χ0n) is 18.6. The van der Waals surface area contributed by atoms with Crippen LogP contribution in [0, 0.1) is 5.82 Å². The Morgan fingerprint density at radius 3 is 2.51 bits per heavy atom. The predicted octanol–water partition coefficient (Wildman–Crippen LogP) is 5.78. The van der Waals surface area contributed by atoms with Gasteiger partial charge in [0.05, 0.1) is 18.8 Å². The van der Waals surface area contributed by atoms with E-state index in [0.29, 0.717) is 34.7 Å². The lowest BCUT2D eigenvalue weighted by molar-refractivity contribution is -0.117. The molecule has 5 nitrogen and oxygen atoms in total. The van der Waals surface area contributed by atoms with Crippen LogP contribution in [-0.4, -0.2) is 11.8 Å². The number of halogens is 1. The molecule has 0 bridgehead atoms. The van der Waals surface area contributed by atoms with Gasteiger partial charge in [-0.25, -0.2) is 4.39 Å². The first-order chi connectivity index (χ1) is 17.1. The Morgan fingerprint density at radius 2 is 1.74 bits per heavy atom. The van der Waals surface area contributed by atoms with Gasteiger partial charge in [-0.15, -0.1) is 11.3 Å². The van der Waals surface area contributed by atoms with Crippen molar-refractivity contribution in [3.05, 3.63) is 123 Å². The van der Waals surface area contributed by atoms with Gasteiger partial charge in [0.1, 0.15) is 5.82 Å². The van der Waals surface area contributed by atoms with Crippen molar-refractivity contribution in [1.29, 1.82) is 0 Å². The summed E-state index contributed by atoms with van der Waals surface area (Å²) in [5.74, 6) is -0.283. The number of carbonyl (C=O) groups excluding carboxylic acids is 2. The highest BCUT2D eigenvalue weighted by Crippen LogP contribution is 2.36. The number of ether oxygens (including phenoxy) is 1. The van der Waals surface area contributed by atoms with Crippen LogP contribution < -0.4 is 15.0 Å². The van der Waals surface area contributed by atoms with Gasteiger partial charge in [-0.1, -0.05) is 48.5 Å². The van der Waals surface area contributed by atoms with E-state index in [9.17, 15) is 14.0 Å². The van der Waals surface area contributed by atoms with E-state index in [1.165, 1.54) is 11.0 Å². The lowest BCUT2D eigenvalue weighted by Crippen LogP contribution is -2.37. The summed E-state index contributed by atoms with van der Waals surface area (Å²) in [6.45, 7) is 0.550. The quantitative estimate of drug-likeness (QED) is 0.353. The molecule has 7 heteroatoms. The van der Waals surface area contributed by atoms with Gasteiger partial charge in [0.25, 0.3) is 11.8 Å². The first-order valence-corrected chi connectivity index (χ1v) is 11.9. The molecule has 1 aliphatic heterocycles. The molecule has 3 aromatic carbocycles. The molecule has 0 saturated heterocycles. The van der Waals surface area contributed by atoms with Crippen molar-refractivity contribution < 1.29 is 18.7 Å². The number of carbonyl (C=O) groups is 2. The molecule has 174 valence electrons. The Morgan fingerprint density at radius 1 is 0.971 bits per heavy atom. The predicted molar refractivity (Wildman–Crippen MR) is 135 cm³/mol.